The highest BCUT2D eigenvalue weighted by Gasteiger charge is 2.05. The van der Waals surface area contributed by atoms with E-state index in [1.807, 2.05) is 19.1 Å². The highest BCUT2D eigenvalue weighted by atomic mass is 15.2. The summed E-state index contributed by atoms with van der Waals surface area (Å²) in [4.78, 5) is 11.3. The van der Waals surface area contributed by atoms with Gasteiger partial charge in [-0.05, 0) is 43.2 Å². The van der Waals surface area contributed by atoms with Crippen molar-refractivity contribution in [3.8, 4) is 0 Å². The maximum atomic E-state index is 5.81. The molecular formula is C17H24N4. The summed E-state index contributed by atoms with van der Waals surface area (Å²) in [6.45, 7) is 5.26. The van der Waals surface area contributed by atoms with Crippen LogP contribution in [0.1, 0.15) is 36.7 Å². The van der Waals surface area contributed by atoms with Crippen LogP contribution in [0.3, 0.4) is 0 Å². The van der Waals surface area contributed by atoms with E-state index in [9.17, 15) is 0 Å². The molecule has 2 rings (SSSR count). The monoisotopic (exact) mass is 284 g/mol. The summed E-state index contributed by atoms with van der Waals surface area (Å²) in [6, 6.07) is 10.1. The van der Waals surface area contributed by atoms with Crippen LogP contribution in [-0.2, 0) is 6.42 Å². The first kappa shape index (κ1) is 15.3. The number of anilines is 2. The minimum Gasteiger partial charge on any atom is -0.384 e. The summed E-state index contributed by atoms with van der Waals surface area (Å²) < 4.78 is 0. The van der Waals surface area contributed by atoms with E-state index in [4.69, 9.17) is 10.7 Å². The molecule has 0 saturated heterocycles. The van der Waals surface area contributed by atoms with Gasteiger partial charge in [-0.25, -0.2) is 9.97 Å². The Morgan fingerprint density at radius 1 is 1.14 bits per heavy atom. The average Bonchev–Trinajstić information content (AvgIpc) is 2.44. The summed E-state index contributed by atoms with van der Waals surface area (Å²) in [5.41, 5.74) is 8.93. The number of pyridine rings is 2. The number of nitrogens with two attached hydrogens (primary N) is 1. The second-order valence-corrected chi connectivity index (χ2v) is 5.50. The van der Waals surface area contributed by atoms with Crippen molar-refractivity contribution in [2.24, 2.45) is 0 Å². The zero-order chi connectivity index (χ0) is 15.2. The summed E-state index contributed by atoms with van der Waals surface area (Å²) in [6.07, 6.45) is 3.08. The van der Waals surface area contributed by atoms with Gasteiger partial charge in [-0.15, -0.1) is 0 Å². The molecule has 2 heterocycles. The number of nitrogen functional groups attached to an aromatic ring is 1. The molecule has 0 aliphatic heterocycles. The topological polar surface area (TPSA) is 55.0 Å². The molecule has 0 bridgehead atoms. The number of hydrogen-bond donors (Lipinski definition) is 1. The first-order valence-corrected chi connectivity index (χ1v) is 7.48. The van der Waals surface area contributed by atoms with E-state index in [1.54, 1.807) is 0 Å². The summed E-state index contributed by atoms with van der Waals surface area (Å²) >= 11 is 0. The van der Waals surface area contributed by atoms with E-state index in [0.29, 0.717) is 12.2 Å². The Hall–Kier alpha value is -2.10. The molecule has 21 heavy (non-hydrogen) atoms. The van der Waals surface area contributed by atoms with Gasteiger partial charge in [0.15, 0.2) is 0 Å². The average molecular weight is 284 g/mol. The van der Waals surface area contributed by atoms with Crippen LogP contribution in [0.15, 0.2) is 30.3 Å². The lowest BCUT2D eigenvalue weighted by molar-refractivity contribution is 0.757. The molecular weight excluding hydrogens is 260 g/mol. The van der Waals surface area contributed by atoms with E-state index in [0.717, 1.165) is 29.3 Å². The highest BCUT2D eigenvalue weighted by Crippen LogP contribution is 2.14. The molecule has 4 nitrogen and oxygen atoms in total. The number of hydrogen-bond acceptors (Lipinski definition) is 4. The van der Waals surface area contributed by atoms with Crippen molar-refractivity contribution in [3.63, 3.8) is 0 Å². The normalized spacial score (nSPS) is 10.6. The van der Waals surface area contributed by atoms with Crippen molar-refractivity contribution in [3.05, 3.63) is 47.3 Å². The number of unbranched alkanes of at least 4 members (excludes halogenated alkanes) is 1. The quantitative estimate of drug-likeness (QED) is 0.885. The van der Waals surface area contributed by atoms with Crippen LogP contribution in [-0.4, -0.2) is 23.6 Å². The van der Waals surface area contributed by atoms with Gasteiger partial charge in [0.2, 0.25) is 0 Å². The summed E-state index contributed by atoms with van der Waals surface area (Å²) in [5, 5.41) is 0. The Balaban J connectivity index is 2.13. The first-order chi connectivity index (χ1) is 10.1. The Morgan fingerprint density at radius 3 is 2.67 bits per heavy atom. The molecule has 0 aliphatic rings. The van der Waals surface area contributed by atoms with E-state index in [1.165, 1.54) is 12.8 Å². The van der Waals surface area contributed by atoms with Crippen LogP contribution in [0.2, 0.25) is 0 Å². The van der Waals surface area contributed by atoms with Gasteiger partial charge in [0.25, 0.3) is 0 Å². The maximum absolute atomic E-state index is 5.81. The van der Waals surface area contributed by atoms with Crippen LogP contribution in [0.4, 0.5) is 11.6 Å². The summed E-state index contributed by atoms with van der Waals surface area (Å²) in [5.74, 6) is 1.59. The lowest BCUT2D eigenvalue weighted by Gasteiger charge is -2.18. The molecule has 0 amide bonds. The van der Waals surface area contributed by atoms with Gasteiger partial charge in [0.1, 0.15) is 11.6 Å². The largest absolute Gasteiger partial charge is 0.384 e. The van der Waals surface area contributed by atoms with E-state index >= 15 is 0 Å². The second kappa shape index (κ2) is 7.07. The smallest absolute Gasteiger partial charge is 0.128 e. The molecule has 112 valence electrons. The molecule has 0 atom stereocenters. The molecule has 2 aromatic rings. The molecule has 0 spiro atoms. The molecule has 0 unspecified atom stereocenters. The third-order valence-corrected chi connectivity index (χ3v) is 3.44. The third-order valence-electron chi connectivity index (χ3n) is 3.44. The molecule has 2 N–H and O–H groups in total. The van der Waals surface area contributed by atoms with Crippen molar-refractivity contribution < 1.29 is 0 Å². The zero-order valence-corrected chi connectivity index (χ0v) is 13.1. The standard InChI is InChI=1S/C17H24N4/c1-4-5-9-21(3)17-8-6-7-14(20-17)12-15-10-13(2)11-16(18)19-15/h6-8,10-11H,4-5,9,12H2,1-3H3,(H2,18,19). The van der Waals surface area contributed by atoms with Crippen LogP contribution in [0.25, 0.3) is 0 Å². The Bertz CT molecular complexity index is 575. The van der Waals surface area contributed by atoms with Crippen molar-refractivity contribution in [2.45, 2.75) is 33.1 Å². The van der Waals surface area contributed by atoms with Gasteiger partial charge in [-0.2, -0.15) is 0 Å². The van der Waals surface area contributed by atoms with Crippen molar-refractivity contribution in [1.29, 1.82) is 0 Å². The predicted molar refractivity (Wildman–Crippen MR) is 88.6 cm³/mol. The van der Waals surface area contributed by atoms with E-state index in [2.05, 4.69) is 42.1 Å². The lowest BCUT2D eigenvalue weighted by atomic mass is 10.1. The fourth-order valence-corrected chi connectivity index (χ4v) is 2.33. The molecule has 4 heteroatoms. The van der Waals surface area contributed by atoms with Gasteiger partial charge < -0.3 is 10.6 Å². The van der Waals surface area contributed by atoms with Gasteiger partial charge in [0, 0.05) is 31.4 Å². The van der Waals surface area contributed by atoms with Gasteiger partial charge in [-0.3, -0.25) is 0 Å². The molecule has 0 radical (unpaired) electrons. The number of aryl methyl sites for hydroxylation is 1. The Kier molecular flexibility index (Phi) is 5.14. The molecule has 0 fully saturated rings. The minimum absolute atomic E-state index is 0.571. The van der Waals surface area contributed by atoms with E-state index in [-0.39, 0.29) is 0 Å². The number of nitrogens with zero attached hydrogens (tertiary/aromatic N) is 3. The Labute approximate surface area is 127 Å². The Morgan fingerprint density at radius 2 is 1.95 bits per heavy atom. The number of aromatic nitrogens is 2. The van der Waals surface area contributed by atoms with Crippen LogP contribution in [0.5, 0.6) is 0 Å². The molecule has 0 saturated carbocycles. The van der Waals surface area contributed by atoms with Crippen LogP contribution < -0.4 is 10.6 Å². The van der Waals surface area contributed by atoms with Crippen LogP contribution >= 0.6 is 0 Å². The molecule has 2 aromatic heterocycles. The first-order valence-electron chi connectivity index (χ1n) is 7.48. The third kappa shape index (κ3) is 4.45. The van der Waals surface area contributed by atoms with Crippen molar-refractivity contribution in [2.75, 3.05) is 24.2 Å². The van der Waals surface area contributed by atoms with Gasteiger partial charge in [-0.1, -0.05) is 19.4 Å². The maximum Gasteiger partial charge on any atom is 0.128 e. The predicted octanol–water partition coefficient (Wildman–Crippen LogP) is 3.19. The van der Waals surface area contributed by atoms with Gasteiger partial charge in [0.05, 0.1) is 0 Å². The molecule has 0 aromatic carbocycles. The SMILES string of the molecule is CCCCN(C)c1cccc(Cc2cc(C)cc(N)n2)n1. The van der Waals surface area contributed by atoms with Crippen molar-refractivity contribution >= 4 is 11.6 Å². The molecule has 0 aliphatic carbocycles. The lowest BCUT2D eigenvalue weighted by Crippen LogP contribution is -2.19. The zero-order valence-electron chi connectivity index (χ0n) is 13.1. The van der Waals surface area contributed by atoms with Crippen LogP contribution in [0, 0.1) is 6.92 Å². The minimum atomic E-state index is 0.571. The fraction of sp³-hybridized carbons (Fsp3) is 0.412. The summed E-state index contributed by atoms with van der Waals surface area (Å²) in [7, 11) is 2.09. The highest BCUT2D eigenvalue weighted by molar-refractivity contribution is 5.40. The fourth-order valence-electron chi connectivity index (χ4n) is 2.33. The van der Waals surface area contributed by atoms with E-state index < -0.39 is 0 Å². The second-order valence-electron chi connectivity index (χ2n) is 5.50. The van der Waals surface area contributed by atoms with Gasteiger partial charge >= 0.3 is 0 Å². The van der Waals surface area contributed by atoms with Crippen molar-refractivity contribution in [1.82, 2.24) is 9.97 Å². The number of rotatable bonds is 6.